The van der Waals surface area contributed by atoms with Gasteiger partial charge in [0.15, 0.2) is 0 Å². The van der Waals surface area contributed by atoms with E-state index in [0.717, 1.165) is 25.7 Å². The summed E-state index contributed by atoms with van der Waals surface area (Å²) in [4.78, 5) is 10.5. The second kappa shape index (κ2) is 6.63. The van der Waals surface area contributed by atoms with Gasteiger partial charge in [-0.1, -0.05) is 31.0 Å². The number of nitro benzene ring substituents is 1. The van der Waals surface area contributed by atoms with E-state index in [1.54, 1.807) is 18.2 Å². The largest absolute Gasteiger partial charge is 0.393 e. The zero-order valence-corrected chi connectivity index (χ0v) is 10.9. The van der Waals surface area contributed by atoms with Crippen molar-refractivity contribution in [2.75, 3.05) is 6.54 Å². The Morgan fingerprint density at radius 1 is 1.32 bits per heavy atom. The first-order valence-electron chi connectivity index (χ1n) is 6.79. The molecule has 5 nitrogen and oxygen atoms in total. The molecule has 0 heterocycles. The van der Waals surface area contributed by atoms with Crippen molar-refractivity contribution >= 4 is 5.69 Å². The summed E-state index contributed by atoms with van der Waals surface area (Å²) in [6, 6.07) is 6.76. The van der Waals surface area contributed by atoms with Crippen LogP contribution < -0.4 is 5.32 Å². The third-order valence-corrected chi connectivity index (χ3v) is 3.78. The molecule has 0 amide bonds. The van der Waals surface area contributed by atoms with Gasteiger partial charge in [0, 0.05) is 24.7 Å². The lowest BCUT2D eigenvalue weighted by Crippen LogP contribution is -2.33. The molecular formula is C14H20N2O3. The number of hydrogen-bond acceptors (Lipinski definition) is 4. The SMILES string of the molecule is O=[N+]([O-])c1ccccc1CNCC1CCCCC1O. The fourth-order valence-electron chi connectivity index (χ4n) is 2.66. The van der Waals surface area contributed by atoms with E-state index in [0.29, 0.717) is 18.7 Å². The number of rotatable bonds is 5. The van der Waals surface area contributed by atoms with Crippen LogP contribution in [0.15, 0.2) is 24.3 Å². The molecule has 0 spiro atoms. The van der Waals surface area contributed by atoms with Gasteiger partial charge in [0.2, 0.25) is 0 Å². The number of nitrogens with one attached hydrogen (secondary N) is 1. The molecule has 0 aromatic heterocycles. The fourth-order valence-corrected chi connectivity index (χ4v) is 2.66. The van der Waals surface area contributed by atoms with Crippen molar-refractivity contribution in [2.45, 2.75) is 38.3 Å². The highest BCUT2D eigenvalue weighted by Gasteiger charge is 2.22. The highest BCUT2D eigenvalue weighted by Crippen LogP contribution is 2.24. The van der Waals surface area contributed by atoms with Crippen LogP contribution in [-0.2, 0) is 6.54 Å². The Bertz CT molecular complexity index is 436. The number of hydrogen-bond donors (Lipinski definition) is 2. The van der Waals surface area contributed by atoms with Gasteiger partial charge in [-0.05, 0) is 18.8 Å². The van der Waals surface area contributed by atoms with Crippen LogP contribution in [0.3, 0.4) is 0 Å². The van der Waals surface area contributed by atoms with E-state index < -0.39 is 0 Å². The summed E-state index contributed by atoms with van der Waals surface area (Å²) >= 11 is 0. The third kappa shape index (κ3) is 3.75. The van der Waals surface area contributed by atoms with Crippen molar-refractivity contribution in [1.29, 1.82) is 0 Å². The Kier molecular flexibility index (Phi) is 4.87. The molecule has 0 saturated heterocycles. The summed E-state index contributed by atoms with van der Waals surface area (Å²) in [5, 5.41) is 24.0. The van der Waals surface area contributed by atoms with Gasteiger partial charge in [-0.3, -0.25) is 10.1 Å². The van der Waals surface area contributed by atoms with Crippen LogP contribution in [0.4, 0.5) is 5.69 Å². The predicted octanol–water partition coefficient (Wildman–Crippen LogP) is 2.24. The van der Waals surface area contributed by atoms with E-state index >= 15 is 0 Å². The number of aliphatic hydroxyl groups excluding tert-OH is 1. The van der Waals surface area contributed by atoms with E-state index in [1.807, 2.05) is 0 Å². The first-order chi connectivity index (χ1) is 9.18. The smallest absolute Gasteiger partial charge is 0.273 e. The zero-order chi connectivity index (χ0) is 13.7. The average molecular weight is 264 g/mol. The Balaban J connectivity index is 1.87. The molecule has 1 saturated carbocycles. The summed E-state index contributed by atoms with van der Waals surface area (Å²) in [6.45, 7) is 1.19. The molecule has 0 bridgehead atoms. The summed E-state index contributed by atoms with van der Waals surface area (Å²) in [5.41, 5.74) is 0.844. The van der Waals surface area contributed by atoms with E-state index in [2.05, 4.69) is 5.32 Å². The molecule has 0 radical (unpaired) electrons. The molecule has 1 fully saturated rings. The zero-order valence-electron chi connectivity index (χ0n) is 10.9. The van der Waals surface area contributed by atoms with Gasteiger partial charge in [0.25, 0.3) is 5.69 Å². The molecule has 1 aromatic rings. The van der Waals surface area contributed by atoms with Crippen LogP contribution in [-0.4, -0.2) is 22.7 Å². The summed E-state index contributed by atoms with van der Waals surface area (Å²) in [5.74, 6) is 0.275. The Morgan fingerprint density at radius 2 is 2.05 bits per heavy atom. The minimum atomic E-state index is -0.355. The van der Waals surface area contributed by atoms with Crippen molar-refractivity contribution in [3.05, 3.63) is 39.9 Å². The molecule has 19 heavy (non-hydrogen) atoms. The quantitative estimate of drug-likeness (QED) is 0.631. The van der Waals surface area contributed by atoms with Crippen LogP contribution in [0.2, 0.25) is 0 Å². The maximum Gasteiger partial charge on any atom is 0.273 e. The van der Waals surface area contributed by atoms with E-state index in [-0.39, 0.29) is 22.6 Å². The highest BCUT2D eigenvalue weighted by molar-refractivity contribution is 5.39. The first-order valence-corrected chi connectivity index (χ1v) is 6.79. The van der Waals surface area contributed by atoms with Crippen molar-refractivity contribution in [3.8, 4) is 0 Å². The lowest BCUT2D eigenvalue weighted by molar-refractivity contribution is -0.385. The minimum absolute atomic E-state index is 0.152. The lowest BCUT2D eigenvalue weighted by Gasteiger charge is -2.27. The average Bonchev–Trinajstić information content (AvgIpc) is 2.41. The van der Waals surface area contributed by atoms with Crippen LogP contribution in [0.25, 0.3) is 0 Å². The van der Waals surface area contributed by atoms with Gasteiger partial charge in [-0.25, -0.2) is 0 Å². The van der Waals surface area contributed by atoms with Crippen molar-refractivity contribution in [1.82, 2.24) is 5.32 Å². The number of para-hydroxylation sites is 1. The number of benzene rings is 1. The van der Waals surface area contributed by atoms with E-state index in [1.165, 1.54) is 6.07 Å². The monoisotopic (exact) mass is 264 g/mol. The summed E-state index contributed by atoms with van der Waals surface area (Å²) < 4.78 is 0. The molecule has 2 rings (SSSR count). The predicted molar refractivity (Wildman–Crippen MR) is 72.8 cm³/mol. The summed E-state index contributed by atoms with van der Waals surface area (Å²) in [7, 11) is 0. The number of nitro groups is 1. The fraction of sp³-hybridized carbons (Fsp3) is 0.571. The third-order valence-electron chi connectivity index (χ3n) is 3.78. The van der Waals surface area contributed by atoms with Gasteiger partial charge in [0.1, 0.15) is 0 Å². The second-order valence-corrected chi connectivity index (χ2v) is 5.13. The van der Waals surface area contributed by atoms with Gasteiger partial charge < -0.3 is 10.4 Å². The van der Waals surface area contributed by atoms with E-state index in [4.69, 9.17) is 0 Å². The van der Waals surface area contributed by atoms with Gasteiger partial charge in [-0.15, -0.1) is 0 Å². The Morgan fingerprint density at radius 3 is 2.79 bits per heavy atom. The molecule has 0 aliphatic heterocycles. The van der Waals surface area contributed by atoms with Crippen LogP contribution in [0.1, 0.15) is 31.2 Å². The number of aliphatic hydroxyl groups is 1. The second-order valence-electron chi connectivity index (χ2n) is 5.13. The van der Waals surface area contributed by atoms with Crippen LogP contribution in [0.5, 0.6) is 0 Å². The van der Waals surface area contributed by atoms with Gasteiger partial charge >= 0.3 is 0 Å². The standard InChI is InChI=1S/C14H20N2O3/c17-14-8-4-2-6-12(14)10-15-9-11-5-1-3-7-13(11)16(18)19/h1,3,5,7,12,14-15,17H,2,4,6,8-10H2. The van der Waals surface area contributed by atoms with Crippen molar-refractivity contribution in [3.63, 3.8) is 0 Å². The Hall–Kier alpha value is -1.46. The molecule has 104 valence electrons. The summed E-state index contributed by atoms with van der Waals surface area (Å²) in [6.07, 6.45) is 3.94. The first kappa shape index (κ1) is 14.0. The Labute approximate surface area is 112 Å². The maximum absolute atomic E-state index is 10.9. The van der Waals surface area contributed by atoms with Crippen molar-refractivity contribution in [2.24, 2.45) is 5.92 Å². The molecule has 2 N–H and O–H groups in total. The van der Waals surface area contributed by atoms with E-state index in [9.17, 15) is 15.2 Å². The topological polar surface area (TPSA) is 75.4 Å². The minimum Gasteiger partial charge on any atom is -0.393 e. The lowest BCUT2D eigenvalue weighted by atomic mass is 9.86. The number of nitrogens with zero attached hydrogens (tertiary/aromatic N) is 1. The molecule has 2 atom stereocenters. The molecule has 5 heteroatoms. The maximum atomic E-state index is 10.9. The van der Waals surface area contributed by atoms with Gasteiger partial charge in [0.05, 0.1) is 11.0 Å². The molecular weight excluding hydrogens is 244 g/mol. The van der Waals surface area contributed by atoms with Crippen molar-refractivity contribution < 1.29 is 10.0 Å². The molecule has 2 unspecified atom stereocenters. The van der Waals surface area contributed by atoms with Crippen LogP contribution in [0, 0.1) is 16.0 Å². The molecule has 1 aliphatic rings. The normalized spacial score (nSPS) is 23.2. The van der Waals surface area contributed by atoms with Gasteiger partial charge in [-0.2, -0.15) is 0 Å². The molecule has 1 aromatic carbocycles. The molecule has 1 aliphatic carbocycles. The van der Waals surface area contributed by atoms with Crippen LogP contribution >= 0.6 is 0 Å². The highest BCUT2D eigenvalue weighted by atomic mass is 16.6.